The van der Waals surface area contributed by atoms with Crippen molar-refractivity contribution in [2.45, 2.75) is 26.3 Å². The van der Waals surface area contributed by atoms with Gasteiger partial charge in [-0.25, -0.2) is 4.39 Å². The lowest BCUT2D eigenvalue weighted by atomic mass is 10.0. The molecule has 4 nitrogen and oxygen atoms in total. The maximum absolute atomic E-state index is 13.5. The first-order valence-electron chi connectivity index (χ1n) is 6.65. The topological polar surface area (TPSA) is 62.9 Å². The highest BCUT2D eigenvalue weighted by Crippen LogP contribution is 2.27. The van der Waals surface area contributed by atoms with Gasteiger partial charge in [0.2, 0.25) is 0 Å². The molecule has 0 aliphatic carbocycles. The number of halogens is 1. The van der Waals surface area contributed by atoms with Crippen LogP contribution < -0.4 is 10.2 Å². The first-order valence-corrected chi connectivity index (χ1v) is 6.65. The molecule has 1 aromatic rings. The van der Waals surface area contributed by atoms with Crippen molar-refractivity contribution >= 4 is 5.69 Å². The largest absolute Gasteiger partial charge is 0.345 e. The van der Waals surface area contributed by atoms with E-state index >= 15 is 0 Å². The van der Waals surface area contributed by atoms with Gasteiger partial charge in [0, 0.05) is 11.7 Å². The summed E-state index contributed by atoms with van der Waals surface area (Å²) in [6.07, 6.45) is 0.981. The second kappa shape index (κ2) is 8.14. The summed E-state index contributed by atoms with van der Waals surface area (Å²) in [5.74, 6) is -0.317. The van der Waals surface area contributed by atoms with Crippen molar-refractivity contribution in [3.8, 4) is 12.1 Å². The first-order chi connectivity index (χ1) is 9.63. The minimum Gasteiger partial charge on any atom is -0.345 e. The van der Waals surface area contributed by atoms with Gasteiger partial charge in [-0.15, -0.1) is 0 Å². The third-order valence-corrected chi connectivity index (χ3v) is 3.02. The van der Waals surface area contributed by atoms with Crippen LogP contribution in [-0.4, -0.2) is 19.6 Å². The van der Waals surface area contributed by atoms with Crippen molar-refractivity contribution in [1.29, 1.82) is 10.5 Å². The fourth-order valence-corrected chi connectivity index (χ4v) is 2.03. The average Bonchev–Trinajstić information content (AvgIpc) is 2.44. The van der Waals surface area contributed by atoms with Crippen LogP contribution in [0.3, 0.4) is 0 Å². The van der Waals surface area contributed by atoms with E-state index in [4.69, 9.17) is 10.5 Å². The van der Waals surface area contributed by atoms with Crippen LogP contribution in [0, 0.1) is 28.5 Å². The van der Waals surface area contributed by atoms with Gasteiger partial charge in [0.1, 0.15) is 18.9 Å². The number of hydrogen-bond acceptors (Lipinski definition) is 4. The highest BCUT2D eigenvalue weighted by Gasteiger charge is 2.16. The highest BCUT2D eigenvalue weighted by atomic mass is 19.1. The fraction of sp³-hybridized carbons (Fsp3) is 0.467. The molecule has 0 radical (unpaired) electrons. The molecule has 20 heavy (non-hydrogen) atoms. The van der Waals surface area contributed by atoms with Gasteiger partial charge in [-0.1, -0.05) is 6.92 Å². The van der Waals surface area contributed by atoms with Crippen LogP contribution >= 0.6 is 0 Å². The zero-order chi connectivity index (χ0) is 15.0. The number of nitrogens with one attached hydrogen (secondary N) is 1. The van der Waals surface area contributed by atoms with E-state index in [1.54, 1.807) is 11.0 Å². The lowest BCUT2D eigenvalue weighted by molar-refractivity contribution is 0.561. The summed E-state index contributed by atoms with van der Waals surface area (Å²) in [5, 5.41) is 21.0. The molecule has 1 atom stereocenters. The Hall–Kier alpha value is -2.11. The molecule has 0 saturated carbocycles. The third-order valence-electron chi connectivity index (χ3n) is 3.02. The lowest BCUT2D eigenvalue weighted by Crippen LogP contribution is -2.28. The summed E-state index contributed by atoms with van der Waals surface area (Å²) in [4.78, 5) is 1.65. The van der Waals surface area contributed by atoms with Gasteiger partial charge in [0.25, 0.3) is 0 Å². The van der Waals surface area contributed by atoms with Gasteiger partial charge < -0.3 is 10.2 Å². The van der Waals surface area contributed by atoms with Crippen LogP contribution in [0.2, 0.25) is 0 Å². The van der Waals surface area contributed by atoms with Crippen LogP contribution in [0.25, 0.3) is 0 Å². The van der Waals surface area contributed by atoms with Crippen LogP contribution in [0.1, 0.15) is 31.9 Å². The van der Waals surface area contributed by atoms with Gasteiger partial charge in [0.15, 0.2) is 0 Å². The van der Waals surface area contributed by atoms with E-state index in [9.17, 15) is 4.39 Å². The van der Waals surface area contributed by atoms with Crippen molar-refractivity contribution in [3.63, 3.8) is 0 Å². The fourth-order valence-electron chi connectivity index (χ4n) is 2.03. The minimum absolute atomic E-state index is 0.0412. The van der Waals surface area contributed by atoms with Crippen molar-refractivity contribution in [2.75, 3.05) is 24.5 Å². The molecule has 106 valence electrons. The molecule has 0 bridgehead atoms. The van der Waals surface area contributed by atoms with E-state index in [1.807, 2.05) is 19.1 Å². The van der Waals surface area contributed by atoms with Crippen LogP contribution in [0.4, 0.5) is 10.1 Å². The molecule has 0 saturated heterocycles. The molecular formula is C15H19FN4. The zero-order valence-corrected chi connectivity index (χ0v) is 11.9. The number of nitriles is 2. The number of rotatable bonds is 7. The molecule has 0 amide bonds. The van der Waals surface area contributed by atoms with Gasteiger partial charge in [-0.3, -0.25) is 0 Å². The summed E-state index contributed by atoms with van der Waals surface area (Å²) in [7, 11) is 0. The van der Waals surface area contributed by atoms with Crippen LogP contribution in [-0.2, 0) is 0 Å². The maximum atomic E-state index is 13.5. The molecule has 0 fully saturated rings. The van der Waals surface area contributed by atoms with Gasteiger partial charge in [-0.05, 0) is 43.7 Å². The SMILES string of the molecule is CCCNC(C)c1cc(F)ccc1N(CC#N)CC#N. The summed E-state index contributed by atoms with van der Waals surface area (Å²) >= 11 is 0. The lowest BCUT2D eigenvalue weighted by Gasteiger charge is -2.25. The standard InChI is InChI=1S/C15H19FN4/c1-3-8-19-12(2)14-11-13(16)4-5-15(14)20(9-6-17)10-7-18/h4-5,11-12,19H,3,8-10H2,1-2H3. The van der Waals surface area contributed by atoms with Crippen LogP contribution in [0.15, 0.2) is 18.2 Å². The molecule has 0 heterocycles. The Labute approximate surface area is 119 Å². The molecule has 0 aromatic heterocycles. The molecule has 1 rings (SSSR count). The quantitative estimate of drug-likeness (QED) is 0.776. The molecule has 5 heteroatoms. The van der Waals surface area contributed by atoms with Gasteiger partial charge in [-0.2, -0.15) is 10.5 Å². The Morgan fingerprint density at radius 1 is 1.30 bits per heavy atom. The molecule has 0 aliphatic rings. The Kier molecular flexibility index (Phi) is 6.49. The predicted molar refractivity (Wildman–Crippen MR) is 76.5 cm³/mol. The molecule has 1 N–H and O–H groups in total. The number of hydrogen-bond donors (Lipinski definition) is 1. The molecular weight excluding hydrogens is 255 g/mol. The smallest absolute Gasteiger partial charge is 0.123 e. The van der Waals surface area contributed by atoms with Crippen LogP contribution in [0.5, 0.6) is 0 Å². The van der Waals surface area contributed by atoms with Crippen molar-refractivity contribution < 1.29 is 4.39 Å². The summed E-state index contributed by atoms with van der Waals surface area (Å²) < 4.78 is 13.5. The normalized spacial score (nSPS) is 11.4. The first kappa shape index (κ1) is 15.9. The van der Waals surface area contributed by atoms with E-state index in [0.717, 1.165) is 24.2 Å². The zero-order valence-electron chi connectivity index (χ0n) is 11.9. The van der Waals surface area contributed by atoms with E-state index in [0.29, 0.717) is 0 Å². The number of nitrogens with zero attached hydrogens (tertiary/aromatic N) is 3. The van der Waals surface area contributed by atoms with E-state index in [2.05, 4.69) is 12.2 Å². The summed E-state index contributed by atoms with van der Waals surface area (Å²) in [6.45, 7) is 5.04. The van der Waals surface area contributed by atoms with Crippen molar-refractivity contribution in [2.24, 2.45) is 0 Å². The van der Waals surface area contributed by atoms with Crippen molar-refractivity contribution in [3.05, 3.63) is 29.6 Å². The molecule has 1 aromatic carbocycles. The Morgan fingerprint density at radius 3 is 2.50 bits per heavy atom. The highest BCUT2D eigenvalue weighted by molar-refractivity contribution is 5.56. The number of anilines is 1. The molecule has 1 unspecified atom stereocenters. The predicted octanol–water partition coefficient (Wildman–Crippen LogP) is 2.74. The van der Waals surface area contributed by atoms with E-state index in [1.165, 1.54) is 12.1 Å². The van der Waals surface area contributed by atoms with Crippen molar-refractivity contribution in [1.82, 2.24) is 5.32 Å². The second-order valence-corrected chi connectivity index (χ2v) is 4.55. The maximum Gasteiger partial charge on any atom is 0.123 e. The second-order valence-electron chi connectivity index (χ2n) is 4.55. The average molecular weight is 274 g/mol. The number of benzene rings is 1. The summed E-state index contributed by atoms with van der Waals surface area (Å²) in [6, 6.07) is 8.48. The third kappa shape index (κ3) is 4.22. The Bertz CT molecular complexity index is 500. The molecule has 0 spiro atoms. The van der Waals surface area contributed by atoms with E-state index < -0.39 is 0 Å². The molecule has 0 aliphatic heterocycles. The van der Waals surface area contributed by atoms with E-state index in [-0.39, 0.29) is 24.9 Å². The summed E-state index contributed by atoms with van der Waals surface area (Å²) in [5.41, 5.74) is 1.49. The Balaban J connectivity index is 3.11. The monoisotopic (exact) mass is 274 g/mol. The van der Waals surface area contributed by atoms with Gasteiger partial charge >= 0.3 is 0 Å². The van der Waals surface area contributed by atoms with Gasteiger partial charge in [0.05, 0.1) is 12.1 Å². The minimum atomic E-state index is -0.317. The Morgan fingerprint density at radius 2 is 1.95 bits per heavy atom.